The van der Waals surface area contributed by atoms with Crippen molar-refractivity contribution in [1.82, 2.24) is 9.97 Å². The van der Waals surface area contributed by atoms with Gasteiger partial charge in [0.15, 0.2) is 5.82 Å². The number of aromatic nitrogens is 2. The molecule has 0 aliphatic carbocycles. The number of ether oxygens (including phenoxy) is 1. The molecule has 0 saturated heterocycles. The fourth-order valence-corrected chi connectivity index (χ4v) is 3.70. The quantitative estimate of drug-likeness (QED) is 0.650. The first-order valence-electron chi connectivity index (χ1n) is 9.12. The van der Waals surface area contributed by atoms with Crippen LogP contribution in [0, 0.1) is 6.92 Å². The molecule has 0 unspecified atom stereocenters. The van der Waals surface area contributed by atoms with Crippen LogP contribution in [-0.2, 0) is 17.8 Å². The number of rotatable bonds is 4. The standard InChI is InChI=1S/C22H20ClN3O2/c1-14-18-10-11-20(27)26(13-16-6-3-4-9-19(16)28-2)22(18)25-21(24-14)15-7-5-8-17(23)12-15/h3-9,12H,10-11,13H2,1-2H3. The molecule has 3 aromatic rings. The van der Waals surface area contributed by atoms with E-state index in [4.69, 9.17) is 21.3 Å². The Morgan fingerprint density at radius 3 is 2.71 bits per heavy atom. The number of nitrogens with zero attached hydrogens (tertiary/aromatic N) is 3. The molecular formula is C22H20ClN3O2. The molecule has 142 valence electrons. The summed E-state index contributed by atoms with van der Waals surface area (Å²) in [5.41, 5.74) is 3.67. The molecule has 0 N–H and O–H groups in total. The lowest BCUT2D eigenvalue weighted by molar-refractivity contribution is -0.119. The van der Waals surface area contributed by atoms with Crippen molar-refractivity contribution >= 4 is 23.3 Å². The fourth-order valence-electron chi connectivity index (χ4n) is 3.51. The zero-order valence-corrected chi connectivity index (χ0v) is 16.5. The predicted molar refractivity (Wildman–Crippen MR) is 110 cm³/mol. The summed E-state index contributed by atoms with van der Waals surface area (Å²) < 4.78 is 5.45. The van der Waals surface area contributed by atoms with Gasteiger partial charge in [-0.25, -0.2) is 9.97 Å². The van der Waals surface area contributed by atoms with Gasteiger partial charge in [-0.15, -0.1) is 0 Å². The van der Waals surface area contributed by atoms with Crippen molar-refractivity contribution in [2.24, 2.45) is 0 Å². The molecule has 0 fully saturated rings. The van der Waals surface area contributed by atoms with Crippen molar-refractivity contribution in [2.45, 2.75) is 26.3 Å². The number of fused-ring (bicyclic) bond motifs is 1. The Bertz CT molecular complexity index is 1050. The van der Waals surface area contributed by atoms with Crippen LogP contribution in [0.25, 0.3) is 11.4 Å². The van der Waals surface area contributed by atoms with E-state index < -0.39 is 0 Å². The summed E-state index contributed by atoms with van der Waals surface area (Å²) in [6, 6.07) is 15.1. The summed E-state index contributed by atoms with van der Waals surface area (Å²) in [7, 11) is 1.63. The number of hydrogen-bond acceptors (Lipinski definition) is 4. The van der Waals surface area contributed by atoms with Crippen LogP contribution in [0.15, 0.2) is 48.5 Å². The highest BCUT2D eigenvalue weighted by Crippen LogP contribution is 2.33. The Morgan fingerprint density at radius 1 is 1.11 bits per heavy atom. The van der Waals surface area contributed by atoms with Gasteiger partial charge >= 0.3 is 0 Å². The number of hydrogen-bond donors (Lipinski definition) is 0. The lowest BCUT2D eigenvalue weighted by Crippen LogP contribution is -2.36. The van der Waals surface area contributed by atoms with Crippen LogP contribution < -0.4 is 9.64 Å². The van der Waals surface area contributed by atoms with E-state index in [9.17, 15) is 4.79 Å². The van der Waals surface area contributed by atoms with Gasteiger partial charge in [0.1, 0.15) is 11.6 Å². The van der Waals surface area contributed by atoms with Gasteiger partial charge < -0.3 is 4.74 Å². The number of benzene rings is 2. The number of amides is 1. The van der Waals surface area contributed by atoms with Crippen LogP contribution in [0.5, 0.6) is 5.75 Å². The Labute approximate surface area is 169 Å². The van der Waals surface area contributed by atoms with Crippen molar-refractivity contribution in [3.63, 3.8) is 0 Å². The van der Waals surface area contributed by atoms with E-state index in [1.54, 1.807) is 12.0 Å². The molecule has 1 aliphatic heterocycles. The molecule has 2 heterocycles. The van der Waals surface area contributed by atoms with Gasteiger partial charge in [-0.3, -0.25) is 9.69 Å². The highest BCUT2D eigenvalue weighted by atomic mass is 35.5. The molecule has 0 bridgehead atoms. The number of methoxy groups -OCH3 is 1. The van der Waals surface area contributed by atoms with E-state index in [0.717, 1.165) is 28.1 Å². The topological polar surface area (TPSA) is 55.3 Å². The first kappa shape index (κ1) is 18.4. The molecule has 2 aromatic carbocycles. The maximum atomic E-state index is 12.8. The van der Waals surface area contributed by atoms with Crippen molar-refractivity contribution in [3.05, 3.63) is 70.4 Å². The lowest BCUT2D eigenvalue weighted by atomic mass is 10.0. The third-order valence-corrected chi connectivity index (χ3v) is 5.18. The van der Waals surface area contributed by atoms with E-state index in [-0.39, 0.29) is 5.91 Å². The van der Waals surface area contributed by atoms with Gasteiger partial charge in [-0.05, 0) is 31.5 Å². The summed E-state index contributed by atoms with van der Waals surface area (Å²) >= 11 is 6.14. The number of carbonyl (C=O) groups is 1. The van der Waals surface area contributed by atoms with Gasteiger partial charge in [-0.2, -0.15) is 0 Å². The number of aryl methyl sites for hydroxylation is 1. The SMILES string of the molecule is COc1ccccc1CN1C(=O)CCc2c(C)nc(-c3cccc(Cl)c3)nc21. The molecule has 0 saturated carbocycles. The minimum atomic E-state index is 0.0496. The van der Waals surface area contributed by atoms with Crippen LogP contribution in [-0.4, -0.2) is 23.0 Å². The molecule has 1 aromatic heterocycles. The number of halogens is 1. The zero-order valence-electron chi connectivity index (χ0n) is 15.8. The van der Waals surface area contributed by atoms with E-state index >= 15 is 0 Å². The van der Waals surface area contributed by atoms with Crippen molar-refractivity contribution in [1.29, 1.82) is 0 Å². The highest BCUT2D eigenvalue weighted by Gasteiger charge is 2.29. The largest absolute Gasteiger partial charge is 0.496 e. The number of para-hydroxylation sites is 1. The van der Waals surface area contributed by atoms with Gasteiger partial charge in [0, 0.05) is 33.8 Å². The minimum absolute atomic E-state index is 0.0496. The first-order chi connectivity index (χ1) is 13.6. The molecule has 0 radical (unpaired) electrons. The van der Waals surface area contributed by atoms with Crippen LogP contribution in [0.2, 0.25) is 5.02 Å². The second kappa shape index (κ2) is 7.60. The van der Waals surface area contributed by atoms with Crippen molar-refractivity contribution in [2.75, 3.05) is 12.0 Å². The van der Waals surface area contributed by atoms with Crippen LogP contribution >= 0.6 is 11.6 Å². The average Bonchev–Trinajstić information content (AvgIpc) is 2.70. The second-order valence-electron chi connectivity index (χ2n) is 6.74. The number of carbonyl (C=O) groups excluding carboxylic acids is 1. The molecule has 4 rings (SSSR count). The molecule has 6 heteroatoms. The molecule has 28 heavy (non-hydrogen) atoms. The smallest absolute Gasteiger partial charge is 0.228 e. The summed E-state index contributed by atoms with van der Waals surface area (Å²) in [6.07, 6.45) is 1.10. The molecule has 1 aliphatic rings. The average molecular weight is 394 g/mol. The normalized spacial score (nSPS) is 13.4. The molecule has 5 nitrogen and oxygen atoms in total. The van der Waals surface area contributed by atoms with E-state index in [2.05, 4.69) is 4.98 Å². The van der Waals surface area contributed by atoms with Gasteiger partial charge in [0.2, 0.25) is 5.91 Å². The van der Waals surface area contributed by atoms with Crippen molar-refractivity contribution in [3.8, 4) is 17.1 Å². The van der Waals surface area contributed by atoms with Crippen LogP contribution in [0.3, 0.4) is 0 Å². The monoisotopic (exact) mass is 393 g/mol. The summed E-state index contributed by atoms with van der Waals surface area (Å²) in [4.78, 5) is 23.9. The lowest BCUT2D eigenvalue weighted by Gasteiger charge is -2.30. The Balaban J connectivity index is 1.80. The van der Waals surface area contributed by atoms with Crippen LogP contribution in [0.4, 0.5) is 5.82 Å². The maximum Gasteiger partial charge on any atom is 0.228 e. The predicted octanol–water partition coefficient (Wildman–Crippen LogP) is 4.59. The summed E-state index contributed by atoms with van der Waals surface area (Å²) in [6.45, 7) is 2.37. The third-order valence-electron chi connectivity index (χ3n) is 4.94. The third kappa shape index (κ3) is 3.45. The summed E-state index contributed by atoms with van der Waals surface area (Å²) in [5, 5.41) is 0.624. The Hall–Kier alpha value is -2.92. The Kier molecular flexibility index (Phi) is 5.01. The minimum Gasteiger partial charge on any atom is -0.496 e. The maximum absolute atomic E-state index is 12.8. The van der Waals surface area contributed by atoms with Gasteiger partial charge in [0.05, 0.1) is 13.7 Å². The van der Waals surface area contributed by atoms with E-state index in [1.807, 2.05) is 55.5 Å². The molecule has 0 atom stereocenters. The second-order valence-corrected chi connectivity index (χ2v) is 7.17. The zero-order chi connectivity index (χ0) is 19.7. The fraction of sp³-hybridized carbons (Fsp3) is 0.227. The van der Waals surface area contributed by atoms with Crippen molar-refractivity contribution < 1.29 is 9.53 Å². The molecule has 1 amide bonds. The first-order valence-corrected chi connectivity index (χ1v) is 9.50. The van der Waals surface area contributed by atoms with Gasteiger partial charge in [0.25, 0.3) is 0 Å². The van der Waals surface area contributed by atoms with E-state index in [1.165, 1.54) is 0 Å². The van der Waals surface area contributed by atoms with Gasteiger partial charge in [-0.1, -0.05) is 41.9 Å². The Morgan fingerprint density at radius 2 is 1.93 bits per heavy atom. The highest BCUT2D eigenvalue weighted by molar-refractivity contribution is 6.30. The number of anilines is 1. The van der Waals surface area contributed by atoms with E-state index in [0.29, 0.717) is 36.1 Å². The summed E-state index contributed by atoms with van der Waals surface area (Å²) in [5.74, 6) is 2.04. The van der Waals surface area contributed by atoms with Crippen LogP contribution in [0.1, 0.15) is 23.2 Å². The molecular weight excluding hydrogens is 374 g/mol. The molecule has 0 spiro atoms.